The molecule has 7 nitrogen and oxygen atoms in total. The molecule has 0 heterocycles. The van der Waals surface area contributed by atoms with Gasteiger partial charge in [0.2, 0.25) is 0 Å². The van der Waals surface area contributed by atoms with Crippen molar-refractivity contribution in [2.24, 2.45) is 0 Å². The van der Waals surface area contributed by atoms with Crippen LogP contribution in [0.15, 0.2) is 12.2 Å². The molecule has 0 aromatic rings. The number of carboxylic acid groups (broad SMARTS) is 3. The number of carbonyl (C=O) groups is 3. The number of allylic oxidation sites excluding steroid dienone is 1. The third-order valence-corrected chi connectivity index (χ3v) is 5.80. The fraction of sp³-hybridized carbons (Fsp3) is 0.800. The predicted molar refractivity (Wildman–Crippen MR) is 127 cm³/mol. The summed E-state index contributed by atoms with van der Waals surface area (Å²) in [7, 11) is 0. The summed E-state index contributed by atoms with van der Waals surface area (Å²) in [6, 6.07) is 0. The Kier molecular flexibility index (Phi) is 18.6. The first kappa shape index (κ1) is 30.1. The highest BCUT2D eigenvalue weighted by molar-refractivity contribution is 5.73. The second-order valence-corrected chi connectivity index (χ2v) is 9.04. The highest BCUT2D eigenvalue weighted by Crippen LogP contribution is 2.14. The number of hydrogen-bond donors (Lipinski definition) is 3. The largest absolute Gasteiger partial charge is 0.477 e. The highest BCUT2D eigenvalue weighted by atomic mass is 16.4. The van der Waals surface area contributed by atoms with Gasteiger partial charge in [0.25, 0.3) is 0 Å². The zero-order valence-corrected chi connectivity index (χ0v) is 20.1. The molecule has 0 unspecified atom stereocenters. The molecule has 32 heavy (non-hydrogen) atoms. The lowest BCUT2D eigenvalue weighted by atomic mass is 10.0. The van der Waals surface area contributed by atoms with Crippen LogP contribution in [0.25, 0.3) is 0 Å². The van der Waals surface area contributed by atoms with Crippen molar-refractivity contribution in [3.8, 4) is 0 Å². The maximum absolute atomic E-state index is 11.1. The van der Waals surface area contributed by atoms with Crippen molar-refractivity contribution >= 4 is 17.9 Å². The van der Waals surface area contributed by atoms with Crippen molar-refractivity contribution in [1.82, 2.24) is 0 Å². The lowest BCUT2D eigenvalue weighted by molar-refractivity contribution is -0.902. The van der Waals surface area contributed by atoms with Crippen LogP contribution in [-0.2, 0) is 14.4 Å². The van der Waals surface area contributed by atoms with E-state index in [4.69, 9.17) is 15.3 Å². The summed E-state index contributed by atoms with van der Waals surface area (Å²) < 4.78 is -0.519. The van der Waals surface area contributed by atoms with Crippen molar-refractivity contribution < 1.29 is 34.2 Å². The Hall–Kier alpha value is -1.89. The molecule has 0 atom stereocenters. The van der Waals surface area contributed by atoms with Gasteiger partial charge in [-0.05, 0) is 18.9 Å². The zero-order chi connectivity index (χ0) is 24.1. The van der Waals surface area contributed by atoms with Crippen LogP contribution in [0.4, 0.5) is 0 Å². The first-order valence-electron chi connectivity index (χ1n) is 12.5. The van der Waals surface area contributed by atoms with Gasteiger partial charge in [-0.25, -0.2) is 14.4 Å². The fourth-order valence-corrected chi connectivity index (χ4v) is 4.09. The van der Waals surface area contributed by atoms with E-state index in [0.29, 0.717) is 0 Å². The Morgan fingerprint density at radius 2 is 0.906 bits per heavy atom. The molecule has 0 aliphatic heterocycles. The quantitative estimate of drug-likeness (QED) is 0.107. The van der Waals surface area contributed by atoms with E-state index in [2.05, 4.69) is 6.92 Å². The van der Waals surface area contributed by atoms with E-state index in [0.717, 1.165) is 19.3 Å². The summed E-state index contributed by atoms with van der Waals surface area (Å²) in [6.45, 7) is 0.758. The van der Waals surface area contributed by atoms with Gasteiger partial charge in [0.15, 0.2) is 19.6 Å². The molecule has 3 N–H and O–H groups in total. The molecule has 0 saturated heterocycles. The molecule has 0 radical (unpaired) electrons. The first-order chi connectivity index (χ1) is 15.3. The van der Waals surface area contributed by atoms with E-state index in [1.165, 1.54) is 77.0 Å². The van der Waals surface area contributed by atoms with Gasteiger partial charge in [-0.2, -0.15) is 0 Å². The van der Waals surface area contributed by atoms with Gasteiger partial charge in [-0.3, -0.25) is 4.48 Å². The van der Waals surface area contributed by atoms with E-state index in [1.807, 2.05) is 6.08 Å². The number of rotatable bonds is 23. The molecule has 0 spiro atoms. The normalized spacial score (nSPS) is 11.8. The summed E-state index contributed by atoms with van der Waals surface area (Å²) in [5.41, 5.74) is 0. The van der Waals surface area contributed by atoms with E-state index in [9.17, 15) is 14.4 Å². The van der Waals surface area contributed by atoms with Gasteiger partial charge in [-0.15, -0.1) is 0 Å². The molecule has 0 fully saturated rings. The van der Waals surface area contributed by atoms with Crippen LogP contribution in [0.5, 0.6) is 0 Å². The standard InChI is InChI=1S/C25H45NO6/c1-2-3-4-5-6-7-8-9-10-11-12-13-14-15-16-17-18-19-26(20-23(27)28,21-24(29)30)22-25(31)32/h17-18H,2-16,19-22H2,1H3,(H2-,27,28,29,30,31,32)/p+1/b18-17+. The van der Waals surface area contributed by atoms with Gasteiger partial charge < -0.3 is 15.3 Å². The van der Waals surface area contributed by atoms with Crippen molar-refractivity contribution in [2.75, 3.05) is 26.2 Å². The third kappa shape index (κ3) is 18.8. The molecular formula is C25H46NO6+. The number of hydrogen-bond acceptors (Lipinski definition) is 3. The van der Waals surface area contributed by atoms with Crippen LogP contribution in [0.3, 0.4) is 0 Å². The Balaban J connectivity index is 3.90. The highest BCUT2D eigenvalue weighted by Gasteiger charge is 2.34. The van der Waals surface area contributed by atoms with E-state index in [-0.39, 0.29) is 6.54 Å². The fourth-order valence-electron chi connectivity index (χ4n) is 4.09. The average molecular weight is 457 g/mol. The summed E-state index contributed by atoms with van der Waals surface area (Å²) in [5.74, 6) is -3.60. The van der Waals surface area contributed by atoms with E-state index < -0.39 is 42.0 Å². The molecule has 0 amide bonds. The number of carboxylic acids is 3. The van der Waals surface area contributed by atoms with Crippen molar-refractivity contribution in [3.63, 3.8) is 0 Å². The van der Waals surface area contributed by atoms with Gasteiger partial charge in [0, 0.05) is 0 Å². The number of quaternary nitrogens is 1. The second kappa shape index (κ2) is 19.8. The summed E-state index contributed by atoms with van der Waals surface area (Å²) in [5, 5.41) is 27.3. The maximum atomic E-state index is 11.1. The van der Waals surface area contributed by atoms with Crippen molar-refractivity contribution in [1.29, 1.82) is 0 Å². The van der Waals surface area contributed by atoms with Crippen LogP contribution in [0.2, 0.25) is 0 Å². The van der Waals surface area contributed by atoms with Crippen molar-refractivity contribution in [2.45, 2.75) is 103 Å². The van der Waals surface area contributed by atoms with Crippen LogP contribution in [-0.4, -0.2) is 63.9 Å². The molecule has 0 bridgehead atoms. The van der Waals surface area contributed by atoms with Gasteiger partial charge in [0.05, 0.1) is 6.54 Å². The summed E-state index contributed by atoms with van der Waals surface area (Å²) in [6.07, 6.45) is 22.7. The van der Waals surface area contributed by atoms with E-state index in [1.54, 1.807) is 6.08 Å². The van der Waals surface area contributed by atoms with Crippen LogP contribution < -0.4 is 0 Å². The first-order valence-corrected chi connectivity index (χ1v) is 12.5. The van der Waals surface area contributed by atoms with Crippen molar-refractivity contribution in [3.05, 3.63) is 12.2 Å². The van der Waals surface area contributed by atoms with Gasteiger partial charge in [-0.1, -0.05) is 96.5 Å². The average Bonchev–Trinajstić information content (AvgIpc) is 2.68. The minimum absolute atomic E-state index is 0.0868. The molecule has 186 valence electrons. The predicted octanol–water partition coefficient (Wildman–Crippen LogP) is 5.48. The topological polar surface area (TPSA) is 112 Å². The molecular weight excluding hydrogens is 410 g/mol. The van der Waals surface area contributed by atoms with E-state index >= 15 is 0 Å². The van der Waals surface area contributed by atoms with Gasteiger partial charge >= 0.3 is 17.9 Å². The molecule has 0 aliphatic rings. The Bertz CT molecular complexity index is 506. The van der Waals surface area contributed by atoms with Crippen LogP contribution >= 0.6 is 0 Å². The molecule has 0 aliphatic carbocycles. The number of unbranched alkanes of at least 4 members (excludes halogenated alkanes) is 14. The molecule has 0 rings (SSSR count). The SMILES string of the molecule is CCCCCCCCCCCCCCCC/C=C/C[N+](CC(=O)O)(CC(=O)O)CC(=O)O. The minimum atomic E-state index is -1.20. The smallest absolute Gasteiger partial charge is 0.359 e. The Morgan fingerprint density at radius 1 is 0.562 bits per heavy atom. The van der Waals surface area contributed by atoms with Gasteiger partial charge in [0.1, 0.15) is 0 Å². The molecule has 0 saturated carbocycles. The Morgan fingerprint density at radius 3 is 1.25 bits per heavy atom. The van der Waals surface area contributed by atoms with Crippen LogP contribution in [0.1, 0.15) is 103 Å². The monoisotopic (exact) mass is 456 g/mol. The third-order valence-electron chi connectivity index (χ3n) is 5.80. The lowest BCUT2D eigenvalue weighted by Crippen LogP contribution is -2.56. The Labute approximate surface area is 194 Å². The second-order valence-electron chi connectivity index (χ2n) is 9.04. The maximum Gasteiger partial charge on any atom is 0.359 e. The minimum Gasteiger partial charge on any atom is -0.477 e. The van der Waals surface area contributed by atoms with Crippen LogP contribution in [0, 0.1) is 0 Å². The molecule has 7 heteroatoms. The summed E-state index contributed by atoms with van der Waals surface area (Å²) in [4.78, 5) is 33.4. The number of aliphatic carboxylic acids is 3. The lowest BCUT2D eigenvalue weighted by Gasteiger charge is -2.33. The molecule has 0 aromatic heterocycles. The molecule has 0 aromatic carbocycles. The number of nitrogens with zero attached hydrogens (tertiary/aromatic N) is 1. The summed E-state index contributed by atoms with van der Waals surface area (Å²) >= 11 is 0. The zero-order valence-electron chi connectivity index (χ0n) is 20.1.